The fourth-order valence-corrected chi connectivity index (χ4v) is 1.89. The molecule has 0 bridgehead atoms. The third kappa shape index (κ3) is 2.30. The first kappa shape index (κ1) is 11.4. The number of aryl methyl sites for hydroxylation is 1. The van der Waals surface area contributed by atoms with Gasteiger partial charge in [0.25, 0.3) is 5.91 Å². The number of hydrogen-bond acceptors (Lipinski definition) is 3. The summed E-state index contributed by atoms with van der Waals surface area (Å²) in [6, 6.07) is 10.9. The molecule has 0 aliphatic heterocycles. The molecule has 0 saturated heterocycles. The lowest BCUT2D eigenvalue weighted by molar-refractivity contribution is 0.102. The second kappa shape index (κ2) is 4.53. The van der Waals surface area contributed by atoms with E-state index < -0.39 is 0 Å². The second-order valence-electron chi connectivity index (χ2n) is 4.29. The van der Waals surface area contributed by atoms with Crippen LogP contribution >= 0.6 is 0 Å². The predicted octanol–water partition coefficient (Wildman–Crippen LogP) is 2.52. The summed E-state index contributed by atoms with van der Waals surface area (Å²) in [6.07, 6.45) is 1.69. The Morgan fingerprint density at radius 1 is 1.26 bits per heavy atom. The van der Waals surface area contributed by atoms with E-state index in [1.807, 2.05) is 25.1 Å². The molecule has 0 aliphatic rings. The van der Waals surface area contributed by atoms with Crippen LogP contribution in [0.15, 0.2) is 42.6 Å². The number of anilines is 1. The van der Waals surface area contributed by atoms with E-state index in [9.17, 15) is 4.79 Å². The Bertz CT molecular complexity index is 748. The Morgan fingerprint density at radius 2 is 2.16 bits per heavy atom. The van der Waals surface area contributed by atoms with Crippen LogP contribution in [0.25, 0.3) is 10.9 Å². The van der Waals surface area contributed by atoms with Crippen molar-refractivity contribution in [3.63, 3.8) is 0 Å². The van der Waals surface area contributed by atoms with Crippen LogP contribution in [0.3, 0.4) is 0 Å². The van der Waals surface area contributed by atoms with Gasteiger partial charge in [-0.1, -0.05) is 6.07 Å². The maximum absolute atomic E-state index is 12.1. The lowest BCUT2D eigenvalue weighted by Crippen LogP contribution is -2.12. The lowest BCUT2D eigenvalue weighted by atomic mass is 10.1. The molecule has 5 heteroatoms. The molecule has 1 aromatic carbocycles. The summed E-state index contributed by atoms with van der Waals surface area (Å²) >= 11 is 0. The standard InChI is InChI=1S/C14H12N4O/c1-9-3-2-4-13(16-9)17-14(19)10-5-6-12-11(7-10)8-15-18-12/h2-8H,1H3,(H,15,18)(H,16,17,19). The maximum atomic E-state index is 12.1. The van der Waals surface area contributed by atoms with Gasteiger partial charge in [-0.2, -0.15) is 5.10 Å². The van der Waals surface area contributed by atoms with Crippen molar-refractivity contribution in [3.05, 3.63) is 53.9 Å². The molecule has 2 aromatic heterocycles. The van der Waals surface area contributed by atoms with Crippen LogP contribution in [-0.4, -0.2) is 21.1 Å². The number of aromatic amines is 1. The van der Waals surface area contributed by atoms with E-state index >= 15 is 0 Å². The minimum absolute atomic E-state index is 0.179. The average molecular weight is 252 g/mol. The quantitative estimate of drug-likeness (QED) is 0.736. The van der Waals surface area contributed by atoms with E-state index in [0.717, 1.165) is 16.6 Å². The highest BCUT2D eigenvalue weighted by Gasteiger charge is 2.08. The van der Waals surface area contributed by atoms with Gasteiger partial charge in [0.1, 0.15) is 5.82 Å². The van der Waals surface area contributed by atoms with E-state index in [4.69, 9.17) is 0 Å². The predicted molar refractivity (Wildman–Crippen MR) is 73.0 cm³/mol. The summed E-state index contributed by atoms with van der Waals surface area (Å²) in [6.45, 7) is 1.88. The molecular weight excluding hydrogens is 240 g/mol. The number of benzene rings is 1. The topological polar surface area (TPSA) is 70.7 Å². The van der Waals surface area contributed by atoms with Crippen LogP contribution in [0.4, 0.5) is 5.82 Å². The van der Waals surface area contributed by atoms with Crippen LogP contribution in [0, 0.1) is 6.92 Å². The number of pyridine rings is 1. The van der Waals surface area contributed by atoms with E-state index in [2.05, 4.69) is 20.5 Å². The Balaban J connectivity index is 1.87. The molecule has 3 rings (SSSR count). The molecular formula is C14H12N4O. The first-order valence-corrected chi connectivity index (χ1v) is 5.90. The van der Waals surface area contributed by atoms with E-state index in [1.165, 1.54) is 0 Å². The van der Waals surface area contributed by atoms with Gasteiger partial charge in [-0.25, -0.2) is 4.98 Å². The van der Waals surface area contributed by atoms with Gasteiger partial charge in [-0.05, 0) is 37.3 Å². The number of fused-ring (bicyclic) bond motifs is 1. The molecule has 19 heavy (non-hydrogen) atoms. The maximum Gasteiger partial charge on any atom is 0.256 e. The van der Waals surface area contributed by atoms with Gasteiger partial charge < -0.3 is 5.32 Å². The minimum atomic E-state index is -0.179. The summed E-state index contributed by atoms with van der Waals surface area (Å²) in [5.74, 6) is 0.374. The Morgan fingerprint density at radius 3 is 3.00 bits per heavy atom. The first-order valence-electron chi connectivity index (χ1n) is 5.90. The molecule has 0 spiro atoms. The molecule has 3 aromatic rings. The van der Waals surface area contributed by atoms with Crippen molar-refractivity contribution in [2.45, 2.75) is 6.92 Å². The van der Waals surface area contributed by atoms with Crippen LogP contribution < -0.4 is 5.32 Å². The highest BCUT2D eigenvalue weighted by atomic mass is 16.1. The van der Waals surface area contributed by atoms with E-state index in [1.54, 1.807) is 24.4 Å². The van der Waals surface area contributed by atoms with E-state index in [0.29, 0.717) is 11.4 Å². The zero-order valence-electron chi connectivity index (χ0n) is 10.3. The number of carbonyl (C=O) groups is 1. The van der Waals surface area contributed by atoms with Crippen molar-refractivity contribution in [1.29, 1.82) is 0 Å². The van der Waals surface area contributed by atoms with Gasteiger partial charge in [0.2, 0.25) is 0 Å². The second-order valence-corrected chi connectivity index (χ2v) is 4.29. The van der Waals surface area contributed by atoms with Gasteiger partial charge in [0.05, 0.1) is 11.7 Å². The molecule has 0 atom stereocenters. The monoisotopic (exact) mass is 252 g/mol. The van der Waals surface area contributed by atoms with Crippen molar-refractivity contribution in [2.24, 2.45) is 0 Å². The van der Waals surface area contributed by atoms with Gasteiger partial charge in [-0.15, -0.1) is 0 Å². The van der Waals surface area contributed by atoms with Crippen LogP contribution in [0.5, 0.6) is 0 Å². The smallest absolute Gasteiger partial charge is 0.256 e. The summed E-state index contributed by atoms with van der Waals surface area (Å²) in [4.78, 5) is 16.3. The van der Waals surface area contributed by atoms with Crippen LogP contribution in [-0.2, 0) is 0 Å². The van der Waals surface area contributed by atoms with Gasteiger partial charge in [0, 0.05) is 16.6 Å². The number of amides is 1. The van der Waals surface area contributed by atoms with Crippen molar-refractivity contribution >= 4 is 22.6 Å². The third-order valence-electron chi connectivity index (χ3n) is 2.83. The lowest BCUT2D eigenvalue weighted by Gasteiger charge is -2.05. The average Bonchev–Trinajstić information content (AvgIpc) is 2.85. The summed E-state index contributed by atoms with van der Waals surface area (Å²) in [5.41, 5.74) is 2.35. The Hall–Kier alpha value is -2.69. The molecule has 1 amide bonds. The number of nitrogens with zero attached hydrogens (tertiary/aromatic N) is 2. The van der Waals surface area contributed by atoms with Gasteiger partial charge in [0.15, 0.2) is 0 Å². The number of carbonyl (C=O) groups excluding carboxylic acids is 1. The zero-order chi connectivity index (χ0) is 13.2. The molecule has 2 N–H and O–H groups in total. The number of nitrogens with one attached hydrogen (secondary N) is 2. The Kier molecular flexibility index (Phi) is 2.72. The molecule has 0 aliphatic carbocycles. The van der Waals surface area contributed by atoms with Crippen molar-refractivity contribution < 1.29 is 4.79 Å². The van der Waals surface area contributed by atoms with Crippen molar-refractivity contribution in [2.75, 3.05) is 5.32 Å². The fraction of sp³-hybridized carbons (Fsp3) is 0.0714. The minimum Gasteiger partial charge on any atom is -0.307 e. The number of rotatable bonds is 2. The number of aromatic nitrogens is 3. The van der Waals surface area contributed by atoms with Crippen molar-refractivity contribution in [1.82, 2.24) is 15.2 Å². The van der Waals surface area contributed by atoms with E-state index in [-0.39, 0.29) is 5.91 Å². The molecule has 0 fully saturated rings. The highest BCUT2D eigenvalue weighted by Crippen LogP contribution is 2.14. The molecule has 5 nitrogen and oxygen atoms in total. The SMILES string of the molecule is Cc1cccc(NC(=O)c2ccc3[nH]ncc3c2)n1. The summed E-state index contributed by atoms with van der Waals surface area (Å²) < 4.78 is 0. The fourth-order valence-electron chi connectivity index (χ4n) is 1.89. The van der Waals surface area contributed by atoms with Gasteiger partial charge in [-0.3, -0.25) is 9.89 Å². The third-order valence-corrected chi connectivity index (χ3v) is 2.83. The molecule has 0 radical (unpaired) electrons. The highest BCUT2D eigenvalue weighted by molar-refractivity contribution is 6.05. The molecule has 0 unspecified atom stereocenters. The van der Waals surface area contributed by atoms with Gasteiger partial charge >= 0.3 is 0 Å². The number of H-pyrrole nitrogens is 1. The Labute approximate surface area is 109 Å². The zero-order valence-corrected chi connectivity index (χ0v) is 10.3. The van der Waals surface area contributed by atoms with Crippen molar-refractivity contribution in [3.8, 4) is 0 Å². The summed E-state index contributed by atoms with van der Waals surface area (Å²) in [7, 11) is 0. The van der Waals surface area contributed by atoms with Crippen LogP contribution in [0.2, 0.25) is 0 Å². The normalized spacial score (nSPS) is 10.6. The molecule has 94 valence electrons. The molecule has 2 heterocycles. The first-order chi connectivity index (χ1) is 9.22. The summed E-state index contributed by atoms with van der Waals surface area (Å²) in [5, 5.41) is 10.5. The van der Waals surface area contributed by atoms with Crippen LogP contribution in [0.1, 0.15) is 16.1 Å². The largest absolute Gasteiger partial charge is 0.307 e. The molecule has 0 saturated carbocycles. The number of hydrogen-bond donors (Lipinski definition) is 2.